The molecule has 0 aliphatic rings. The average Bonchev–Trinajstić information content (AvgIpc) is 1.64. The van der Waals surface area contributed by atoms with Crippen molar-refractivity contribution in [2.75, 3.05) is 26.2 Å². The van der Waals surface area contributed by atoms with E-state index in [1.165, 1.54) is 53.2 Å². The molecule has 0 aliphatic heterocycles. The van der Waals surface area contributed by atoms with E-state index in [1.807, 2.05) is 127 Å². The predicted octanol–water partition coefficient (Wildman–Crippen LogP) is 28.6. The number of rotatable bonds is 13. The molecule has 4 N–H and O–H groups in total. The Bertz CT molecular complexity index is 6290. The van der Waals surface area contributed by atoms with Gasteiger partial charge in [-0.15, -0.1) is 11.3 Å². The van der Waals surface area contributed by atoms with Crippen LogP contribution in [-0.4, -0.2) is 0 Å². The normalized spacial score (nSPS) is 11.0. The number of thiophene rings is 1. The fourth-order valence-electron chi connectivity index (χ4n) is 13.6. The van der Waals surface area contributed by atoms with Crippen molar-refractivity contribution in [1.29, 1.82) is 0 Å². The van der Waals surface area contributed by atoms with Crippen LogP contribution >= 0.6 is 11.3 Å². The number of fused-ring (bicyclic) bond motifs is 11. The SMILES string of the molecule is c1ccc(-c2cccc(N(c3cccc(Nc4cccc5c4sc4ccccc45)c3)c3cccc(-c4ccccc4)c3)c2)cc1.c1ccc(Nc2ccc3c(c2)oc2ccccc23)cc1.c1ccc(Nc2ccc3oc4ccccc4c3c2)cc1.c1ccc2c(Nc3ccc4ccoc4c3)cccc2c1. The lowest BCUT2D eigenvalue weighted by Gasteiger charge is -2.27. The van der Waals surface area contributed by atoms with E-state index in [-0.39, 0.29) is 0 Å². The molecule has 0 saturated heterocycles. The van der Waals surface area contributed by atoms with Crippen LogP contribution in [0.15, 0.2) is 408 Å². The van der Waals surface area contributed by atoms with Crippen LogP contribution in [0, 0.1) is 0 Å². The fraction of sp³-hybridized carbons (Fsp3) is 0. The molecule has 0 bridgehead atoms. The molecule has 16 aromatic carbocycles. The number of furan rings is 3. The highest BCUT2D eigenvalue weighted by molar-refractivity contribution is 7.26. The van der Waals surface area contributed by atoms with Gasteiger partial charge < -0.3 is 39.4 Å². The lowest BCUT2D eigenvalue weighted by atomic mass is 10.0. The average molecular weight is 1370 g/mol. The molecule has 0 unspecified atom stereocenters. The van der Waals surface area contributed by atoms with Gasteiger partial charge in [0.05, 0.1) is 16.7 Å². The maximum absolute atomic E-state index is 5.89. The fourth-order valence-corrected chi connectivity index (χ4v) is 14.8. The largest absolute Gasteiger partial charge is 0.464 e. The van der Waals surface area contributed by atoms with Crippen LogP contribution in [0.2, 0.25) is 0 Å². The van der Waals surface area contributed by atoms with Crippen molar-refractivity contribution < 1.29 is 13.3 Å². The number of hydrogen-bond acceptors (Lipinski definition) is 9. The minimum Gasteiger partial charge on any atom is -0.464 e. The summed E-state index contributed by atoms with van der Waals surface area (Å²) in [6, 6.07) is 134. The van der Waals surface area contributed by atoms with Gasteiger partial charge in [0.2, 0.25) is 0 Å². The summed E-state index contributed by atoms with van der Waals surface area (Å²) in [6.45, 7) is 0. The molecule has 0 aliphatic carbocycles. The van der Waals surface area contributed by atoms with Crippen molar-refractivity contribution in [3.05, 3.63) is 395 Å². The van der Waals surface area contributed by atoms with Crippen molar-refractivity contribution in [3.8, 4) is 22.3 Å². The highest BCUT2D eigenvalue weighted by Crippen LogP contribution is 2.43. The Balaban J connectivity index is 0.000000113. The minimum atomic E-state index is 0.898. The van der Waals surface area contributed by atoms with E-state index >= 15 is 0 Å². The van der Waals surface area contributed by atoms with E-state index in [2.05, 4.69) is 299 Å². The van der Waals surface area contributed by atoms with E-state index in [0.29, 0.717) is 0 Å². The molecule has 4 heterocycles. The Morgan fingerprint density at radius 3 is 1.36 bits per heavy atom. The second-order valence-electron chi connectivity index (χ2n) is 25.5. The Labute approximate surface area is 612 Å². The first kappa shape index (κ1) is 64.5. The number of nitrogens with zero attached hydrogens (tertiary/aromatic N) is 1. The van der Waals surface area contributed by atoms with E-state index in [0.717, 1.165) is 117 Å². The molecule has 20 aromatic rings. The molecule has 0 amide bonds. The summed E-state index contributed by atoms with van der Waals surface area (Å²) in [4.78, 5) is 2.35. The first-order chi connectivity index (χ1) is 52.0. The smallest absolute Gasteiger partial charge is 0.137 e. The third-order valence-corrected chi connectivity index (χ3v) is 19.8. The summed E-state index contributed by atoms with van der Waals surface area (Å²) in [7, 11) is 0. The molecule has 20 rings (SSSR count). The molecule has 8 nitrogen and oxygen atoms in total. The van der Waals surface area contributed by atoms with Crippen LogP contribution < -0.4 is 26.2 Å². The molecule has 105 heavy (non-hydrogen) atoms. The molecule has 0 saturated carbocycles. The van der Waals surface area contributed by atoms with Crippen molar-refractivity contribution in [3.63, 3.8) is 0 Å². The molecule has 9 heteroatoms. The van der Waals surface area contributed by atoms with E-state index in [1.54, 1.807) is 6.26 Å². The summed E-state index contributed by atoms with van der Waals surface area (Å²) < 4.78 is 19.7. The van der Waals surface area contributed by atoms with Crippen LogP contribution in [0.4, 0.5) is 62.6 Å². The van der Waals surface area contributed by atoms with Crippen LogP contribution in [0.5, 0.6) is 0 Å². The lowest BCUT2D eigenvalue weighted by molar-refractivity contribution is 0.616. The zero-order chi connectivity index (χ0) is 70.1. The number of para-hydroxylation sites is 4. The zero-order valence-electron chi connectivity index (χ0n) is 57.1. The van der Waals surface area contributed by atoms with E-state index in [4.69, 9.17) is 13.3 Å². The van der Waals surface area contributed by atoms with Gasteiger partial charge in [0, 0.05) is 117 Å². The molecule has 0 radical (unpaired) electrons. The number of benzene rings is 16. The Hall–Kier alpha value is -13.9. The van der Waals surface area contributed by atoms with Gasteiger partial charge in [-0.05, 0) is 173 Å². The third-order valence-electron chi connectivity index (χ3n) is 18.6. The monoisotopic (exact) mass is 1370 g/mol. The number of anilines is 11. The van der Waals surface area contributed by atoms with E-state index in [9.17, 15) is 0 Å². The summed E-state index contributed by atoms with van der Waals surface area (Å²) in [5.74, 6) is 0. The first-order valence-corrected chi connectivity index (χ1v) is 35.9. The summed E-state index contributed by atoms with van der Waals surface area (Å²) in [6.07, 6.45) is 1.71. The number of nitrogens with one attached hydrogen (secondary N) is 4. The van der Waals surface area contributed by atoms with Gasteiger partial charge in [-0.25, -0.2) is 0 Å². The second kappa shape index (κ2) is 29.8. The van der Waals surface area contributed by atoms with Crippen molar-refractivity contribution in [1.82, 2.24) is 0 Å². The van der Waals surface area contributed by atoms with Gasteiger partial charge in [-0.3, -0.25) is 0 Å². The highest BCUT2D eigenvalue weighted by atomic mass is 32.1. The highest BCUT2D eigenvalue weighted by Gasteiger charge is 2.17. The van der Waals surface area contributed by atoms with Crippen LogP contribution in [-0.2, 0) is 0 Å². The number of hydrogen-bond donors (Lipinski definition) is 4. The summed E-state index contributed by atoms with van der Waals surface area (Å²) in [5, 5.41) is 24.8. The standard InChI is InChI=1S/C42H30N2S.3C18H13NO/c1-3-13-30(14-4-1)32-17-9-20-35(27-32)44(36-21-10-18-33(28-36)31-15-5-2-6-16-31)37-22-11-19-34(29-37)43-40-25-12-24-39-38-23-7-8-26-41(38)45-42(39)40;1-2-6-16-13(4-1)5-3-7-17(16)19-15-9-8-14-10-11-20-18(14)12-15;1-2-6-13(7-3-1)19-14-10-11-18-16(12-14)15-8-4-5-9-17(15)20-18;1-2-6-13(7-3-1)19-14-10-11-16-15-8-4-5-9-17(15)20-18(16)12-14/h1-29,43H;3*1-12,19H. The van der Waals surface area contributed by atoms with Crippen molar-refractivity contribution >= 4 is 160 Å². The Morgan fingerprint density at radius 2 is 0.667 bits per heavy atom. The van der Waals surface area contributed by atoms with Gasteiger partial charge in [-0.1, -0.05) is 231 Å². The lowest BCUT2D eigenvalue weighted by Crippen LogP contribution is -2.10. The topological polar surface area (TPSA) is 90.8 Å². The molecule has 502 valence electrons. The second-order valence-corrected chi connectivity index (χ2v) is 26.6. The summed E-state index contributed by atoms with van der Waals surface area (Å²) in [5.41, 5.74) is 21.2. The Morgan fingerprint density at radius 1 is 0.229 bits per heavy atom. The van der Waals surface area contributed by atoms with E-state index < -0.39 is 0 Å². The van der Waals surface area contributed by atoms with Crippen LogP contribution in [0.1, 0.15) is 0 Å². The predicted molar refractivity (Wildman–Crippen MR) is 445 cm³/mol. The van der Waals surface area contributed by atoms with Gasteiger partial charge in [-0.2, -0.15) is 0 Å². The van der Waals surface area contributed by atoms with Gasteiger partial charge in [0.25, 0.3) is 0 Å². The molecule has 0 fully saturated rings. The van der Waals surface area contributed by atoms with Gasteiger partial charge >= 0.3 is 0 Å². The van der Waals surface area contributed by atoms with Gasteiger partial charge in [0.15, 0.2) is 0 Å². The first-order valence-electron chi connectivity index (χ1n) is 35.1. The van der Waals surface area contributed by atoms with Crippen molar-refractivity contribution in [2.45, 2.75) is 0 Å². The van der Waals surface area contributed by atoms with Crippen molar-refractivity contribution in [2.24, 2.45) is 0 Å². The van der Waals surface area contributed by atoms with Gasteiger partial charge in [0.1, 0.15) is 27.9 Å². The van der Waals surface area contributed by atoms with Crippen LogP contribution in [0.3, 0.4) is 0 Å². The molecular formula is C96H69N5O3S. The summed E-state index contributed by atoms with van der Waals surface area (Å²) >= 11 is 1.84. The minimum absolute atomic E-state index is 0.898. The quantitative estimate of drug-likeness (QED) is 0.0908. The molecule has 0 spiro atoms. The third kappa shape index (κ3) is 14.3. The maximum Gasteiger partial charge on any atom is 0.137 e. The Kier molecular flexibility index (Phi) is 18.3. The molecular weight excluding hydrogens is 1300 g/mol. The maximum atomic E-state index is 5.89. The molecule has 4 aromatic heterocycles. The zero-order valence-corrected chi connectivity index (χ0v) is 57.9. The molecule has 0 atom stereocenters. The van der Waals surface area contributed by atoms with Crippen LogP contribution in [0.25, 0.3) is 108 Å².